The summed E-state index contributed by atoms with van der Waals surface area (Å²) in [6, 6.07) is 7.12. The van der Waals surface area contributed by atoms with Gasteiger partial charge in [0.15, 0.2) is 0 Å². The Morgan fingerprint density at radius 3 is 2.70 bits per heavy atom. The molecule has 0 amide bonds. The number of rotatable bonds is 6. The van der Waals surface area contributed by atoms with E-state index in [0.29, 0.717) is 34.7 Å². The highest BCUT2D eigenvalue weighted by atomic mass is 35.5. The number of aromatic nitrogens is 2. The zero-order valence-electron chi connectivity index (χ0n) is 13.2. The van der Waals surface area contributed by atoms with Gasteiger partial charge in [-0.25, -0.2) is 9.97 Å². The van der Waals surface area contributed by atoms with Crippen LogP contribution in [0.1, 0.15) is 11.4 Å². The van der Waals surface area contributed by atoms with Crippen molar-refractivity contribution in [3.05, 3.63) is 58.8 Å². The molecular weight excluding hydrogens is 314 g/mol. The Morgan fingerprint density at radius 1 is 1.35 bits per heavy atom. The Balaban J connectivity index is 1.90. The zero-order valence-corrected chi connectivity index (χ0v) is 13.9. The van der Waals surface area contributed by atoms with Gasteiger partial charge in [0, 0.05) is 36.6 Å². The molecule has 2 rings (SSSR count). The predicted molar refractivity (Wildman–Crippen MR) is 91.9 cm³/mol. The van der Waals surface area contributed by atoms with Gasteiger partial charge in [-0.1, -0.05) is 11.6 Å². The highest BCUT2D eigenvalue weighted by molar-refractivity contribution is 6.30. The Kier molecular flexibility index (Phi) is 5.65. The average molecular weight is 334 g/mol. The Morgan fingerprint density at radius 2 is 2.04 bits per heavy atom. The summed E-state index contributed by atoms with van der Waals surface area (Å²) in [4.78, 5) is 10.2. The first kappa shape index (κ1) is 16.9. The van der Waals surface area contributed by atoms with Gasteiger partial charge in [-0.15, -0.1) is 0 Å². The molecule has 0 spiro atoms. The van der Waals surface area contributed by atoms with Crippen molar-refractivity contribution in [2.45, 2.75) is 13.5 Å². The summed E-state index contributed by atoms with van der Waals surface area (Å²) in [5.41, 5.74) is 13.3. The molecule has 4 N–H and O–H groups in total. The van der Waals surface area contributed by atoms with E-state index in [-0.39, 0.29) is 6.61 Å². The van der Waals surface area contributed by atoms with Crippen LogP contribution in [0.25, 0.3) is 0 Å². The third-order valence-electron chi connectivity index (χ3n) is 3.04. The van der Waals surface area contributed by atoms with E-state index < -0.39 is 0 Å². The number of nitrogen functional groups attached to an aromatic ring is 1. The maximum absolute atomic E-state index is 5.97. The lowest BCUT2D eigenvalue weighted by Gasteiger charge is -2.16. The van der Waals surface area contributed by atoms with Gasteiger partial charge in [-0.05, 0) is 31.2 Å². The van der Waals surface area contributed by atoms with Crippen molar-refractivity contribution in [2.75, 3.05) is 19.4 Å². The van der Waals surface area contributed by atoms with E-state index in [9.17, 15) is 0 Å². The van der Waals surface area contributed by atoms with E-state index in [0.717, 1.165) is 5.56 Å². The number of benzene rings is 1. The quantitative estimate of drug-likeness (QED) is 0.843. The predicted octanol–water partition coefficient (Wildman–Crippen LogP) is 2.33. The van der Waals surface area contributed by atoms with Crippen molar-refractivity contribution in [3.63, 3.8) is 0 Å². The van der Waals surface area contributed by atoms with E-state index in [1.165, 1.54) is 0 Å². The molecular formula is C16H20ClN5O. The highest BCUT2D eigenvalue weighted by Gasteiger charge is 2.05. The second-order valence-electron chi connectivity index (χ2n) is 5.19. The zero-order chi connectivity index (χ0) is 16.8. The van der Waals surface area contributed by atoms with E-state index in [1.807, 2.05) is 11.9 Å². The lowest BCUT2D eigenvalue weighted by molar-refractivity contribution is 0.343. The van der Waals surface area contributed by atoms with Crippen molar-refractivity contribution in [1.82, 2.24) is 14.9 Å². The van der Waals surface area contributed by atoms with Crippen LogP contribution in [0.4, 0.5) is 5.82 Å². The fraction of sp³-hybridized carbons (Fsp3) is 0.250. The summed E-state index contributed by atoms with van der Waals surface area (Å²) < 4.78 is 5.59. The molecule has 23 heavy (non-hydrogen) atoms. The molecule has 1 aromatic heterocycles. The summed E-state index contributed by atoms with van der Waals surface area (Å²) in [5.74, 6) is 1.85. The molecule has 6 nitrogen and oxygen atoms in total. The van der Waals surface area contributed by atoms with Crippen molar-refractivity contribution >= 4 is 17.4 Å². The van der Waals surface area contributed by atoms with Gasteiger partial charge in [0.25, 0.3) is 0 Å². The van der Waals surface area contributed by atoms with E-state index in [1.54, 1.807) is 43.6 Å². The number of aryl methyl sites for hydroxylation is 1. The molecule has 2 aromatic rings. The van der Waals surface area contributed by atoms with E-state index in [2.05, 4.69) is 9.97 Å². The van der Waals surface area contributed by atoms with Gasteiger partial charge in [-0.3, -0.25) is 0 Å². The molecule has 0 unspecified atom stereocenters. The minimum Gasteiger partial charge on any atom is -0.487 e. The molecule has 0 radical (unpaired) electrons. The van der Waals surface area contributed by atoms with Crippen molar-refractivity contribution in [2.24, 2.45) is 5.73 Å². The second-order valence-corrected chi connectivity index (χ2v) is 5.63. The van der Waals surface area contributed by atoms with Crippen LogP contribution in [0.2, 0.25) is 5.02 Å². The second kappa shape index (κ2) is 7.69. The van der Waals surface area contributed by atoms with Crippen LogP contribution in [-0.4, -0.2) is 28.5 Å². The largest absolute Gasteiger partial charge is 0.487 e. The first-order chi connectivity index (χ1) is 10.9. The third kappa shape index (κ3) is 5.34. The molecule has 0 aliphatic heterocycles. The maximum Gasteiger partial charge on any atom is 0.132 e. The Bertz CT molecular complexity index is 687. The van der Waals surface area contributed by atoms with Gasteiger partial charge >= 0.3 is 0 Å². The molecule has 122 valence electrons. The molecule has 0 atom stereocenters. The molecule has 0 aliphatic rings. The standard InChI is InChI=1S/C16H20ClN5O/c1-11-20-7-12(16(19)21-11)8-22(2)9-14(18)10-23-15-5-3-13(17)4-6-15/h3-7,9H,8,10,18H2,1-2H3,(H2,19,20,21)/b14-9-. The van der Waals surface area contributed by atoms with Crippen molar-refractivity contribution < 1.29 is 4.74 Å². The van der Waals surface area contributed by atoms with Crippen LogP contribution in [0.15, 0.2) is 42.4 Å². The number of halogens is 1. The van der Waals surface area contributed by atoms with Crippen LogP contribution < -0.4 is 16.2 Å². The number of ether oxygens (including phenoxy) is 1. The number of hydrogen-bond donors (Lipinski definition) is 2. The monoisotopic (exact) mass is 333 g/mol. The summed E-state index contributed by atoms with van der Waals surface area (Å²) in [7, 11) is 1.90. The van der Waals surface area contributed by atoms with Crippen LogP contribution in [0, 0.1) is 6.92 Å². The summed E-state index contributed by atoms with van der Waals surface area (Å²) in [5, 5.41) is 0.665. The molecule has 0 aliphatic carbocycles. The fourth-order valence-corrected chi connectivity index (χ4v) is 2.09. The van der Waals surface area contributed by atoms with Gasteiger partial charge in [0.2, 0.25) is 0 Å². The van der Waals surface area contributed by atoms with Crippen LogP contribution in [-0.2, 0) is 6.54 Å². The Hall–Kier alpha value is -2.47. The first-order valence-corrected chi connectivity index (χ1v) is 7.44. The van der Waals surface area contributed by atoms with Gasteiger partial charge in [0.1, 0.15) is 24.0 Å². The molecule has 7 heteroatoms. The number of nitrogens with two attached hydrogens (primary N) is 2. The van der Waals surface area contributed by atoms with Crippen molar-refractivity contribution in [3.8, 4) is 5.75 Å². The Labute approximate surface area is 140 Å². The van der Waals surface area contributed by atoms with Gasteiger partial charge < -0.3 is 21.1 Å². The molecule has 0 saturated heterocycles. The highest BCUT2D eigenvalue weighted by Crippen LogP contribution is 2.16. The third-order valence-corrected chi connectivity index (χ3v) is 3.30. The van der Waals surface area contributed by atoms with Crippen LogP contribution in [0.3, 0.4) is 0 Å². The van der Waals surface area contributed by atoms with E-state index in [4.69, 9.17) is 27.8 Å². The van der Waals surface area contributed by atoms with Crippen molar-refractivity contribution in [1.29, 1.82) is 0 Å². The van der Waals surface area contributed by atoms with Gasteiger partial charge in [-0.2, -0.15) is 0 Å². The van der Waals surface area contributed by atoms with Gasteiger partial charge in [0.05, 0.1) is 5.70 Å². The van der Waals surface area contributed by atoms with E-state index >= 15 is 0 Å². The lowest BCUT2D eigenvalue weighted by Crippen LogP contribution is -2.18. The minimum absolute atomic E-state index is 0.284. The molecule has 0 fully saturated rings. The number of hydrogen-bond acceptors (Lipinski definition) is 6. The normalized spacial score (nSPS) is 11.3. The molecule has 0 bridgehead atoms. The molecule has 1 aromatic carbocycles. The maximum atomic E-state index is 5.97. The lowest BCUT2D eigenvalue weighted by atomic mass is 10.3. The van der Waals surface area contributed by atoms with Crippen LogP contribution in [0.5, 0.6) is 5.75 Å². The summed E-state index contributed by atoms with van der Waals surface area (Å²) >= 11 is 5.82. The summed E-state index contributed by atoms with van der Waals surface area (Å²) in [6.45, 7) is 2.65. The summed E-state index contributed by atoms with van der Waals surface area (Å²) in [6.07, 6.45) is 3.53. The molecule has 1 heterocycles. The number of anilines is 1. The smallest absolute Gasteiger partial charge is 0.132 e. The molecule has 0 saturated carbocycles. The minimum atomic E-state index is 0.284. The topological polar surface area (TPSA) is 90.3 Å². The first-order valence-electron chi connectivity index (χ1n) is 7.07. The number of nitrogens with zero attached hydrogens (tertiary/aromatic N) is 3. The average Bonchev–Trinajstić information content (AvgIpc) is 2.49. The van der Waals surface area contributed by atoms with Crippen LogP contribution >= 0.6 is 11.6 Å². The SMILES string of the molecule is Cc1ncc(CN(C)/C=C(\N)COc2ccc(Cl)cc2)c(N)n1. The fourth-order valence-electron chi connectivity index (χ4n) is 1.97.